The van der Waals surface area contributed by atoms with Crippen LogP contribution in [-0.4, -0.2) is 32.5 Å². The monoisotopic (exact) mass is 424 g/mol. The van der Waals surface area contributed by atoms with E-state index in [0.29, 0.717) is 16.6 Å². The number of hydrogen-bond donors (Lipinski definition) is 1. The molecule has 11 heteroatoms. The van der Waals surface area contributed by atoms with Gasteiger partial charge in [-0.25, -0.2) is 4.98 Å². The van der Waals surface area contributed by atoms with Gasteiger partial charge in [0.1, 0.15) is 5.69 Å². The number of fused-ring (bicyclic) bond motifs is 1. The van der Waals surface area contributed by atoms with Gasteiger partial charge in [-0.3, -0.25) is 25.0 Å². The van der Waals surface area contributed by atoms with Crippen LogP contribution in [0.15, 0.2) is 41.5 Å². The van der Waals surface area contributed by atoms with Gasteiger partial charge in [-0.05, 0) is 37.5 Å². The molecule has 0 aliphatic carbocycles. The average Bonchev–Trinajstić information content (AvgIpc) is 2.77. The maximum atomic E-state index is 12.6. The van der Waals surface area contributed by atoms with Crippen molar-refractivity contribution in [2.45, 2.75) is 19.3 Å². The number of rotatable bonds is 5. The first kappa shape index (κ1) is 20.3. The van der Waals surface area contributed by atoms with Gasteiger partial charge in [0.25, 0.3) is 16.9 Å². The first-order valence-electron chi connectivity index (χ1n) is 9.79. The Morgan fingerprint density at radius 2 is 1.74 bits per heavy atom. The molecule has 1 aliphatic heterocycles. The molecular weight excluding hydrogens is 404 g/mol. The number of aryl methyl sites for hydroxylation is 1. The zero-order valence-electron chi connectivity index (χ0n) is 16.8. The highest BCUT2D eigenvalue weighted by atomic mass is 16.6. The van der Waals surface area contributed by atoms with Crippen LogP contribution in [0.2, 0.25) is 0 Å². The molecule has 0 spiro atoms. The Labute approximate surface area is 176 Å². The summed E-state index contributed by atoms with van der Waals surface area (Å²) in [5, 5.41) is 26.0. The lowest BCUT2D eigenvalue weighted by molar-refractivity contribution is -0.393. The number of anilines is 3. The van der Waals surface area contributed by atoms with Crippen molar-refractivity contribution in [2.75, 3.05) is 23.3 Å². The predicted molar refractivity (Wildman–Crippen MR) is 116 cm³/mol. The van der Waals surface area contributed by atoms with Crippen LogP contribution in [0.25, 0.3) is 10.9 Å². The van der Waals surface area contributed by atoms with Crippen molar-refractivity contribution < 1.29 is 9.85 Å². The lowest BCUT2D eigenvalue weighted by Gasteiger charge is -2.31. The van der Waals surface area contributed by atoms with E-state index in [0.717, 1.165) is 44.1 Å². The second kappa shape index (κ2) is 8.01. The maximum Gasteiger partial charge on any atom is 0.299 e. The highest BCUT2D eigenvalue weighted by Crippen LogP contribution is 2.37. The van der Waals surface area contributed by atoms with Crippen LogP contribution < -0.4 is 15.8 Å². The highest BCUT2D eigenvalue weighted by molar-refractivity contribution is 5.92. The molecule has 0 bridgehead atoms. The molecule has 31 heavy (non-hydrogen) atoms. The molecule has 11 nitrogen and oxygen atoms in total. The van der Waals surface area contributed by atoms with Crippen LogP contribution in [0, 0.1) is 20.2 Å². The van der Waals surface area contributed by atoms with Crippen molar-refractivity contribution in [2.24, 2.45) is 7.05 Å². The molecule has 0 radical (unpaired) electrons. The van der Waals surface area contributed by atoms with Crippen LogP contribution in [-0.2, 0) is 7.05 Å². The molecule has 1 saturated heterocycles. The minimum atomic E-state index is -0.679. The van der Waals surface area contributed by atoms with Gasteiger partial charge < -0.3 is 14.8 Å². The maximum absolute atomic E-state index is 12.6. The number of non-ortho nitro benzene ring substituents is 1. The van der Waals surface area contributed by atoms with Gasteiger partial charge in [0, 0.05) is 26.2 Å². The minimum Gasteiger partial charge on any atom is -0.370 e. The number of nitro groups is 2. The van der Waals surface area contributed by atoms with Gasteiger partial charge in [-0.2, -0.15) is 0 Å². The fourth-order valence-corrected chi connectivity index (χ4v) is 3.78. The molecule has 4 rings (SSSR count). The second-order valence-corrected chi connectivity index (χ2v) is 7.44. The summed E-state index contributed by atoms with van der Waals surface area (Å²) in [4.78, 5) is 40.4. The van der Waals surface area contributed by atoms with Crippen molar-refractivity contribution in [3.05, 3.63) is 67.2 Å². The zero-order chi connectivity index (χ0) is 22.1. The smallest absolute Gasteiger partial charge is 0.299 e. The van der Waals surface area contributed by atoms with Gasteiger partial charge in [0.2, 0.25) is 0 Å². The predicted octanol–water partition coefficient (Wildman–Crippen LogP) is 3.48. The Morgan fingerprint density at radius 1 is 1.00 bits per heavy atom. The van der Waals surface area contributed by atoms with Crippen molar-refractivity contribution in [1.29, 1.82) is 0 Å². The fourth-order valence-electron chi connectivity index (χ4n) is 3.78. The Bertz CT molecular complexity index is 1250. The van der Waals surface area contributed by atoms with Crippen molar-refractivity contribution in [3.8, 4) is 0 Å². The van der Waals surface area contributed by atoms with Crippen LogP contribution in [0.4, 0.5) is 28.4 Å². The highest BCUT2D eigenvalue weighted by Gasteiger charge is 2.22. The SMILES string of the molecule is Cn1cnc2cc(N3CCCCC3)c(Nc3ccc([N+](=O)[O-])cc3[N+](=O)[O-])cc2c1=O. The number of nitrogens with zero attached hydrogens (tertiary/aromatic N) is 5. The van der Waals surface area contributed by atoms with E-state index in [1.807, 2.05) is 6.07 Å². The fraction of sp³-hybridized carbons (Fsp3) is 0.300. The Hall–Kier alpha value is -4.02. The van der Waals surface area contributed by atoms with E-state index >= 15 is 0 Å². The Kier molecular flexibility index (Phi) is 5.24. The zero-order valence-corrected chi connectivity index (χ0v) is 16.8. The Morgan fingerprint density at radius 3 is 2.42 bits per heavy atom. The van der Waals surface area contributed by atoms with E-state index in [4.69, 9.17) is 0 Å². The lowest BCUT2D eigenvalue weighted by atomic mass is 10.1. The third kappa shape index (κ3) is 3.89. The van der Waals surface area contributed by atoms with Crippen LogP contribution >= 0.6 is 0 Å². The molecule has 1 aliphatic rings. The van der Waals surface area contributed by atoms with E-state index in [9.17, 15) is 25.0 Å². The molecule has 0 atom stereocenters. The molecule has 3 aromatic rings. The van der Waals surface area contributed by atoms with Crippen LogP contribution in [0.3, 0.4) is 0 Å². The van der Waals surface area contributed by atoms with E-state index < -0.39 is 15.5 Å². The normalized spacial score (nSPS) is 13.9. The van der Waals surface area contributed by atoms with Crippen molar-refractivity contribution in [3.63, 3.8) is 0 Å². The summed E-state index contributed by atoms with van der Waals surface area (Å²) >= 11 is 0. The van der Waals surface area contributed by atoms with Crippen molar-refractivity contribution in [1.82, 2.24) is 9.55 Å². The molecule has 0 amide bonds. The third-order valence-electron chi connectivity index (χ3n) is 5.39. The summed E-state index contributed by atoms with van der Waals surface area (Å²) in [5.74, 6) is 0. The lowest BCUT2D eigenvalue weighted by Crippen LogP contribution is -2.30. The quantitative estimate of drug-likeness (QED) is 0.485. The molecule has 1 N–H and O–H groups in total. The summed E-state index contributed by atoms with van der Waals surface area (Å²) in [6.45, 7) is 1.63. The van der Waals surface area contributed by atoms with E-state index in [-0.39, 0.29) is 16.9 Å². The first-order valence-corrected chi connectivity index (χ1v) is 9.79. The second-order valence-electron chi connectivity index (χ2n) is 7.44. The summed E-state index contributed by atoms with van der Waals surface area (Å²) < 4.78 is 1.36. The number of nitro benzene ring substituents is 2. The first-order chi connectivity index (χ1) is 14.8. The molecule has 2 aromatic carbocycles. The van der Waals surface area contributed by atoms with E-state index in [2.05, 4.69) is 15.2 Å². The molecule has 1 aromatic heterocycles. The van der Waals surface area contributed by atoms with Gasteiger partial charge in [0.05, 0.1) is 44.5 Å². The van der Waals surface area contributed by atoms with Crippen LogP contribution in [0.1, 0.15) is 19.3 Å². The van der Waals surface area contributed by atoms with E-state index in [1.165, 1.54) is 23.0 Å². The largest absolute Gasteiger partial charge is 0.370 e. The standard InChI is InChI=1S/C20H20N6O5/c1-23-12-21-16-11-18(24-7-3-2-4-8-24)17(10-14(16)20(23)27)22-15-6-5-13(25(28)29)9-19(15)26(30)31/h5-6,9-12,22H,2-4,7-8H2,1H3. The third-order valence-corrected chi connectivity index (χ3v) is 5.39. The number of aromatic nitrogens is 2. The molecular formula is C20H20N6O5. The summed E-state index contributed by atoms with van der Waals surface area (Å²) in [6.07, 6.45) is 4.61. The van der Waals surface area contributed by atoms with Gasteiger partial charge in [0.15, 0.2) is 0 Å². The molecule has 0 saturated carbocycles. The van der Waals surface area contributed by atoms with Crippen molar-refractivity contribution >= 4 is 39.3 Å². The van der Waals surface area contributed by atoms with Gasteiger partial charge in [-0.15, -0.1) is 0 Å². The topological polar surface area (TPSA) is 136 Å². The van der Waals surface area contributed by atoms with Gasteiger partial charge >= 0.3 is 0 Å². The van der Waals surface area contributed by atoms with Gasteiger partial charge in [-0.1, -0.05) is 0 Å². The molecule has 1 fully saturated rings. The average molecular weight is 424 g/mol. The van der Waals surface area contributed by atoms with E-state index in [1.54, 1.807) is 13.1 Å². The summed E-state index contributed by atoms with van der Waals surface area (Å²) in [6, 6.07) is 6.88. The summed E-state index contributed by atoms with van der Waals surface area (Å²) in [5.41, 5.74) is 0.901. The molecule has 2 heterocycles. The van der Waals surface area contributed by atoms with Crippen LogP contribution in [0.5, 0.6) is 0 Å². The number of nitrogens with one attached hydrogen (secondary N) is 1. The number of hydrogen-bond acceptors (Lipinski definition) is 8. The molecule has 160 valence electrons. The Balaban J connectivity index is 1.87. The summed E-state index contributed by atoms with van der Waals surface area (Å²) in [7, 11) is 1.60. The molecule has 0 unspecified atom stereocenters. The number of piperidine rings is 1. The number of benzene rings is 2. The minimum absolute atomic E-state index is 0.105.